The van der Waals surface area contributed by atoms with Crippen LogP contribution in [0.4, 0.5) is 22.0 Å². The fraction of sp³-hybridized carbons (Fsp3) is 0.158. The number of carbonyl (C=O) groups is 2. The van der Waals surface area contributed by atoms with E-state index in [1.807, 2.05) is 0 Å². The second kappa shape index (κ2) is 8.90. The molecule has 0 aliphatic heterocycles. The molecule has 2 aromatic carbocycles. The summed E-state index contributed by atoms with van der Waals surface area (Å²) in [4.78, 5) is 24.1. The Morgan fingerprint density at radius 2 is 1.52 bits per heavy atom. The molecule has 0 fully saturated rings. The number of benzene rings is 2. The molecule has 2 N–H and O–H groups in total. The van der Waals surface area contributed by atoms with Gasteiger partial charge in [-0.2, -0.15) is 13.2 Å². The first kappa shape index (κ1) is 21.9. The van der Waals surface area contributed by atoms with Crippen LogP contribution in [-0.4, -0.2) is 39.9 Å². The van der Waals surface area contributed by atoms with Gasteiger partial charge in [0.2, 0.25) is 0 Å². The molecule has 0 unspecified atom stereocenters. The predicted octanol–water partition coefficient (Wildman–Crippen LogP) is 2.72. The van der Waals surface area contributed by atoms with Gasteiger partial charge in [-0.3, -0.25) is 9.59 Å². The van der Waals surface area contributed by atoms with Crippen molar-refractivity contribution in [1.29, 1.82) is 0 Å². The molecule has 0 radical (unpaired) electrons. The van der Waals surface area contributed by atoms with E-state index < -0.39 is 41.0 Å². The molecule has 1 heterocycles. The van der Waals surface area contributed by atoms with Crippen LogP contribution in [0.1, 0.15) is 26.5 Å². The number of hydrogen-bond acceptors (Lipinski definition) is 4. The van der Waals surface area contributed by atoms with Gasteiger partial charge in [-0.1, -0.05) is 17.3 Å². The van der Waals surface area contributed by atoms with Gasteiger partial charge in [-0.25, -0.2) is 13.5 Å². The van der Waals surface area contributed by atoms with E-state index >= 15 is 0 Å². The van der Waals surface area contributed by atoms with Crippen LogP contribution in [0.2, 0.25) is 0 Å². The minimum Gasteiger partial charge on any atom is -0.350 e. The SMILES string of the molecule is O=C(NCCNC(=O)c1nnn(-c2ccc(F)cc2)c1C(F)(F)F)c1ccccc1F. The van der Waals surface area contributed by atoms with Crippen molar-refractivity contribution >= 4 is 11.8 Å². The number of alkyl halides is 3. The molecule has 1 aromatic heterocycles. The summed E-state index contributed by atoms with van der Waals surface area (Å²) in [5.74, 6) is -3.32. The molecule has 31 heavy (non-hydrogen) atoms. The molecule has 0 aliphatic carbocycles. The fourth-order valence-electron chi connectivity index (χ4n) is 2.63. The molecule has 3 rings (SSSR count). The number of carbonyl (C=O) groups excluding carboxylic acids is 2. The number of nitrogens with zero attached hydrogens (tertiary/aromatic N) is 3. The average molecular weight is 439 g/mol. The van der Waals surface area contributed by atoms with Gasteiger partial charge >= 0.3 is 6.18 Å². The van der Waals surface area contributed by atoms with Gasteiger partial charge in [-0.15, -0.1) is 5.10 Å². The third-order valence-electron chi connectivity index (χ3n) is 4.04. The van der Waals surface area contributed by atoms with Crippen molar-refractivity contribution in [3.05, 3.63) is 77.1 Å². The predicted molar refractivity (Wildman–Crippen MR) is 97.4 cm³/mol. The lowest BCUT2D eigenvalue weighted by Crippen LogP contribution is -2.36. The van der Waals surface area contributed by atoms with Gasteiger partial charge in [0.1, 0.15) is 11.6 Å². The van der Waals surface area contributed by atoms with Crippen molar-refractivity contribution in [2.24, 2.45) is 0 Å². The molecule has 0 aliphatic rings. The molecular weight excluding hydrogens is 425 g/mol. The van der Waals surface area contributed by atoms with Crippen LogP contribution in [0.5, 0.6) is 0 Å². The zero-order valence-electron chi connectivity index (χ0n) is 15.6. The third-order valence-corrected chi connectivity index (χ3v) is 4.04. The summed E-state index contributed by atoms with van der Waals surface area (Å²) < 4.78 is 67.6. The Labute approximate surface area is 171 Å². The van der Waals surface area contributed by atoms with Crippen molar-refractivity contribution in [2.45, 2.75) is 6.18 Å². The summed E-state index contributed by atoms with van der Waals surface area (Å²) in [6.07, 6.45) is -4.98. The summed E-state index contributed by atoms with van der Waals surface area (Å²) >= 11 is 0. The molecule has 3 aromatic rings. The summed E-state index contributed by atoms with van der Waals surface area (Å²) in [6.45, 7) is -0.425. The van der Waals surface area contributed by atoms with E-state index in [2.05, 4.69) is 20.9 Å². The maximum atomic E-state index is 13.5. The van der Waals surface area contributed by atoms with E-state index in [0.717, 1.165) is 30.3 Å². The lowest BCUT2D eigenvalue weighted by Gasteiger charge is -2.11. The van der Waals surface area contributed by atoms with Gasteiger partial charge in [-0.05, 0) is 36.4 Å². The highest BCUT2D eigenvalue weighted by molar-refractivity contribution is 5.95. The van der Waals surface area contributed by atoms with Crippen LogP contribution in [0, 0.1) is 11.6 Å². The van der Waals surface area contributed by atoms with Crippen molar-refractivity contribution in [1.82, 2.24) is 25.6 Å². The van der Waals surface area contributed by atoms with E-state index in [0.29, 0.717) is 4.68 Å². The number of aromatic nitrogens is 3. The van der Waals surface area contributed by atoms with E-state index in [1.165, 1.54) is 18.2 Å². The average Bonchev–Trinajstić information content (AvgIpc) is 3.17. The minimum absolute atomic E-state index is 0.141. The fourth-order valence-corrected chi connectivity index (χ4v) is 2.63. The number of hydrogen-bond donors (Lipinski definition) is 2. The Morgan fingerprint density at radius 3 is 2.13 bits per heavy atom. The minimum atomic E-state index is -4.98. The summed E-state index contributed by atoms with van der Waals surface area (Å²) in [5, 5.41) is 11.2. The van der Waals surface area contributed by atoms with E-state index in [4.69, 9.17) is 0 Å². The smallest absolute Gasteiger partial charge is 0.350 e. The normalized spacial score (nSPS) is 11.3. The quantitative estimate of drug-likeness (QED) is 0.457. The van der Waals surface area contributed by atoms with E-state index in [-0.39, 0.29) is 24.3 Å². The lowest BCUT2D eigenvalue weighted by molar-refractivity contribution is -0.143. The van der Waals surface area contributed by atoms with Crippen molar-refractivity contribution in [2.75, 3.05) is 13.1 Å². The van der Waals surface area contributed by atoms with E-state index in [1.54, 1.807) is 0 Å². The van der Waals surface area contributed by atoms with Crippen LogP contribution in [0.15, 0.2) is 48.5 Å². The first-order chi connectivity index (χ1) is 14.7. The van der Waals surface area contributed by atoms with Crippen LogP contribution in [0.25, 0.3) is 5.69 Å². The van der Waals surface area contributed by atoms with E-state index in [9.17, 15) is 31.5 Å². The Hall–Kier alpha value is -3.83. The second-order valence-corrected chi connectivity index (χ2v) is 6.16. The molecule has 0 spiro atoms. The van der Waals surface area contributed by atoms with Crippen LogP contribution in [-0.2, 0) is 6.18 Å². The summed E-state index contributed by atoms with van der Waals surface area (Å²) in [6, 6.07) is 9.21. The highest BCUT2D eigenvalue weighted by Gasteiger charge is 2.42. The Kier molecular flexibility index (Phi) is 6.28. The number of nitrogens with one attached hydrogen (secondary N) is 2. The molecular formula is C19H14F5N5O2. The Morgan fingerprint density at radius 1 is 0.903 bits per heavy atom. The van der Waals surface area contributed by atoms with Crippen molar-refractivity contribution in [3.8, 4) is 5.69 Å². The monoisotopic (exact) mass is 439 g/mol. The first-order valence-electron chi connectivity index (χ1n) is 8.78. The highest BCUT2D eigenvalue weighted by atomic mass is 19.4. The third kappa shape index (κ3) is 5.02. The van der Waals surface area contributed by atoms with Gasteiger partial charge < -0.3 is 10.6 Å². The largest absolute Gasteiger partial charge is 0.435 e. The Bertz CT molecular complexity index is 1100. The standard InChI is InChI=1S/C19H14F5N5O2/c20-11-5-7-12(8-6-11)29-16(19(22,23)24)15(27-28-29)18(31)26-10-9-25-17(30)13-3-1-2-4-14(13)21/h1-8H,9-10H2,(H,25,30)(H,26,31). The topological polar surface area (TPSA) is 88.9 Å². The molecule has 162 valence electrons. The molecule has 0 saturated heterocycles. The van der Waals surface area contributed by atoms with Gasteiger partial charge in [0.25, 0.3) is 11.8 Å². The maximum absolute atomic E-state index is 13.5. The lowest BCUT2D eigenvalue weighted by atomic mass is 10.2. The van der Waals surface area contributed by atoms with Crippen LogP contribution < -0.4 is 10.6 Å². The van der Waals surface area contributed by atoms with Crippen LogP contribution in [0.3, 0.4) is 0 Å². The first-order valence-corrected chi connectivity index (χ1v) is 8.78. The van der Waals surface area contributed by atoms with Gasteiger partial charge in [0, 0.05) is 13.1 Å². The zero-order valence-corrected chi connectivity index (χ0v) is 15.6. The van der Waals surface area contributed by atoms with Crippen molar-refractivity contribution in [3.63, 3.8) is 0 Å². The van der Waals surface area contributed by atoms with Crippen LogP contribution >= 0.6 is 0 Å². The highest BCUT2D eigenvalue weighted by Crippen LogP contribution is 2.32. The number of rotatable bonds is 6. The molecule has 12 heteroatoms. The molecule has 2 amide bonds. The van der Waals surface area contributed by atoms with Gasteiger partial charge in [0.15, 0.2) is 11.4 Å². The maximum Gasteiger partial charge on any atom is 0.435 e. The summed E-state index contributed by atoms with van der Waals surface area (Å²) in [5.41, 5.74) is -2.78. The zero-order chi connectivity index (χ0) is 22.6. The molecule has 7 nitrogen and oxygen atoms in total. The molecule has 0 atom stereocenters. The molecule has 0 bridgehead atoms. The number of amides is 2. The Balaban J connectivity index is 1.68. The summed E-state index contributed by atoms with van der Waals surface area (Å²) in [7, 11) is 0. The molecule has 0 saturated carbocycles. The van der Waals surface area contributed by atoms with Crippen molar-refractivity contribution < 1.29 is 31.5 Å². The van der Waals surface area contributed by atoms with Gasteiger partial charge in [0.05, 0.1) is 11.3 Å². The number of halogens is 5. The second-order valence-electron chi connectivity index (χ2n) is 6.16.